The summed E-state index contributed by atoms with van der Waals surface area (Å²) in [7, 11) is 0. The van der Waals surface area contributed by atoms with Crippen molar-refractivity contribution in [2.75, 3.05) is 6.61 Å². The maximum Gasteiger partial charge on any atom is 0.306 e. The first-order valence-corrected chi connectivity index (χ1v) is 27.4. The first-order valence-electron chi connectivity index (χ1n) is 27.4. The van der Waals surface area contributed by atoms with Gasteiger partial charge in [-0.2, -0.15) is 0 Å². The van der Waals surface area contributed by atoms with Crippen LogP contribution in [0.2, 0.25) is 0 Å². The van der Waals surface area contributed by atoms with Crippen LogP contribution in [-0.4, -0.2) is 46.9 Å². The van der Waals surface area contributed by atoms with Crippen LogP contribution in [0.25, 0.3) is 0 Å². The number of hydrogen-bond donors (Lipinski definition) is 3. The van der Waals surface area contributed by atoms with Gasteiger partial charge in [-0.25, -0.2) is 0 Å². The highest BCUT2D eigenvalue weighted by atomic mass is 16.5. The minimum atomic E-state index is -0.795. The second kappa shape index (κ2) is 50.8. The van der Waals surface area contributed by atoms with Gasteiger partial charge in [-0.15, -0.1) is 0 Å². The molecule has 6 nitrogen and oxygen atoms in total. The van der Waals surface area contributed by atoms with Crippen LogP contribution in [-0.2, 0) is 14.3 Å². The third-order valence-electron chi connectivity index (χ3n) is 12.4. The zero-order chi connectivity index (χ0) is 45.9. The predicted molar refractivity (Wildman–Crippen MR) is 273 cm³/mol. The molecule has 63 heavy (non-hydrogen) atoms. The Bertz CT molecular complexity index is 1080. The molecule has 0 rings (SSSR count). The number of amides is 1. The molecule has 0 bridgehead atoms. The van der Waals surface area contributed by atoms with E-state index in [4.69, 9.17) is 4.74 Å². The normalized spacial score (nSPS) is 13.5. The summed E-state index contributed by atoms with van der Waals surface area (Å²) in [5, 5.41) is 23.8. The summed E-state index contributed by atoms with van der Waals surface area (Å²) in [6.07, 6.45) is 61.7. The average molecular weight is 884 g/mol. The Balaban J connectivity index is 4.49. The molecule has 0 aromatic rings. The summed E-state index contributed by atoms with van der Waals surface area (Å²) < 4.78 is 5.92. The van der Waals surface area contributed by atoms with E-state index in [0.717, 1.165) is 89.9 Å². The monoisotopic (exact) mass is 884 g/mol. The number of ether oxygens (including phenoxy) is 1. The van der Waals surface area contributed by atoms with Crippen LogP contribution < -0.4 is 5.32 Å². The van der Waals surface area contributed by atoms with Crippen molar-refractivity contribution in [2.24, 2.45) is 0 Å². The number of carbonyl (C=O) groups is 2. The van der Waals surface area contributed by atoms with Crippen LogP contribution in [0.3, 0.4) is 0 Å². The van der Waals surface area contributed by atoms with Gasteiger partial charge in [0.1, 0.15) is 6.10 Å². The molecule has 0 aliphatic carbocycles. The molecule has 368 valence electrons. The molecule has 0 radical (unpaired) electrons. The van der Waals surface area contributed by atoms with Crippen LogP contribution >= 0.6 is 0 Å². The molecule has 3 N–H and O–H groups in total. The van der Waals surface area contributed by atoms with E-state index in [1.807, 2.05) is 0 Å². The second-order valence-corrected chi connectivity index (χ2v) is 18.7. The van der Waals surface area contributed by atoms with Crippen molar-refractivity contribution in [3.05, 3.63) is 48.6 Å². The molecule has 1 amide bonds. The SMILES string of the molecule is CCCCC/C=C\CCCCCC(CC(=O)NC(CO)C(O)CCCCCCCCCCCCCCCCCC)OC(=O)CCCCCCC/C=C/C=C/C=C/CCCCCCC. The number of unbranched alkanes of at least 4 members (excludes halogenated alkanes) is 31. The number of nitrogens with one attached hydrogen (secondary N) is 1. The molecular weight excluding hydrogens is 779 g/mol. The maximum absolute atomic E-state index is 13.2. The minimum absolute atomic E-state index is 0.0590. The van der Waals surface area contributed by atoms with Crippen molar-refractivity contribution in [1.82, 2.24) is 5.32 Å². The summed E-state index contributed by atoms with van der Waals surface area (Å²) in [5.74, 6) is -0.507. The van der Waals surface area contributed by atoms with Crippen LogP contribution in [0.5, 0.6) is 0 Å². The van der Waals surface area contributed by atoms with Crippen molar-refractivity contribution in [2.45, 2.75) is 296 Å². The Labute approximate surface area is 391 Å². The lowest BCUT2D eigenvalue weighted by molar-refractivity contribution is -0.151. The third-order valence-corrected chi connectivity index (χ3v) is 12.4. The number of aliphatic hydroxyl groups excluding tert-OH is 2. The molecule has 0 aliphatic rings. The number of carbonyl (C=O) groups excluding carboxylic acids is 2. The van der Waals surface area contributed by atoms with Gasteiger partial charge < -0.3 is 20.3 Å². The Morgan fingerprint density at radius 3 is 1.30 bits per heavy atom. The van der Waals surface area contributed by atoms with E-state index >= 15 is 0 Å². The fraction of sp³-hybridized carbons (Fsp3) is 0.825. The number of hydrogen-bond acceptors (Lipinski definition) is 5. The smallest absolute Gasteiger partial charge is 0.306 e. The topological polar surface area (TPSA) is 95.9 Å². The fourth-order valence-electron chi connectivity index (χ4n) is 8.25. The first-order chi connectivity index (χ1) is 31.0. The molecule has 0 aromatic carbocycles. The minimum Gasteiger partial charge on any atom is -0.462 e. The van der Waals surface area contributed by atoms with E-state index in [2.05, 4.69) is 74.7 Å². The Hall–Kier alpha value is -2.18. The highest BCUT2D eigenvalue weighted by Crippen LogP contribution is 2.18. The van der Waals surface area contributed by atoms with Gasteiger partial charge in [-0.05, 0) is 77.0 Å². The molecule has 3 unspecified atom stereocenters. The maximum atomic E-state index is 13.2. The van der Waals surface area contributed by atoms with E-state index in [9.17, 15) is 19.8 Å². The summed E-state index contributed by atoms with van der Waals surface area (Å²) in [6, 6.07) is -0.710. The van der Waals surface area contributed by atoms with Gasteiger partial charge in [0.05, 0.1) is 25.2 Å². The van der Waals surface area contributed by atoms with E-state index in [1.54, 1.807) is 0 Å². The van der Waals surface area contributed by atoms with Crippen LogP contribution in [0, 0.1) is 0 Å². The number of aliphatic hydroxyl groups is 2. The average Bonchev–Trinajstić information content (AvgIpc) is 3.28. The van der Waals surface area contributed by atoms with Crippen molar-refractivity contribution < 1.29 is 24.5 Å². The van der Waals surface area contributed by atoms with E-state index in [0.29, 0.717) is 19.3 Å². The Kier molecular flexibility index (Phi) is 49.1. The molecule has 0 aliphatic heterocycles. The van der Waals surface area contributed by atoms with Gasteiger partial charge in [-0.1, -0.05) is 236 Å². The molecule has 0 aromatic heterocycles. The van der Waals surface area contributed by atoms with Gasteiger partial charge in [0.15, 0.2) is 0 Å². The summed E-state index contributed by atoms with van der Waals surface area (Å²) >= 11 is 0. The molecule has 0 heterocycles. The Morgan fingerprint density at radius 2 is 0.825 bits per heavy atom. The van der Waals surface area contributed by atoms with Gasteiger partial charge >= 0.3 is 5.97 Å². The molecular formula is C57H105NO5. The molecule has 0 spiro atoms. The molecule has 0 saturated heterocycles. The van der Waals surface area contributed by atoms with Crippen molar-refractivity contribution in [3.63, 3.8) is 0 Å². The standard InChI is InChI=1S/C57H105NO5/c1-4-7-10-13-16-19-22-24-26-28-29-31-33-35-38-41-44-47-50-57(62)63-53(48-45-42-39-36-21-18-15-12-9-6-3)51-56(61)58-54(52-59)55(60)49-46-43-40-37-34-32-30-27-25-23-20-17-14-11-8-5-2/h18,21-22,24,26,28-29,31,53-55,59-60H,4-17,19-20,23,25,27,30,32-52H2,1-3H3,(H,58,61)/b21-18-,24-22+,28-26+,31-29+. The van der Waals surface area contributed by atoms with E-state index in [1.165, 1.54) is 141 Å². The Morgan fingerprint density at radius 1 is 0.460 bits per heavy atom. The number of rotatable bonds is 49. The number of esters is 1. The first kappa shape index (κ1) is 60.8. The summed E-state index contributed by atoms with van der Waals surface area (Å²) in [4.78, 5) is 26.1. The summed E-state index contributed by atoms with van der Waals surface area (Å²) in [5.41, 5.74) is 0. The summed E-state index contributed by atoms with van der Waals surface area (Å²) in [6.45, 7) is 6.45. The fourth-order valence-corrected chi connectivity index (χ4v) is 8.25. The van der Waals surface area contributed by atoms with Gasteiger partial charge in [0.25, 0.3) is 0 Å². The molecule has 0 fully saturated rings. The van der Waals surface area contributed by atoms with Crippen LogP contribution in [0.4, 0.5) is 0 Å². The third kappa shape index (κ3) is 46.2. The lowest BCUT2D eigenvalue weighted by Gasteiger charge is -2.24. The van der Waals surface area contributed by atoms with Crippen molar-refractivity contribution >= 4 is 11.9 Å². The van der Waals surface area contributed by atoms with E-state index < -0.39 is 18.2 Å². The van der Waals surface area contributed by atoms with Crippen LogP contribution in [0.1, 0.15) is 278 Å². The molecule has 3 atom stereocenters. The van der Waals surface area contributed by atoms with Gasteiger partial charge in [-0.3, -0.25) is 9.59 Å². The lowest BCUT2D eigenvalue weighted by atomic mass is 10.0. The highest BCUT2D eigenvalue weighted by molar-refractivity contribution is 5.77. The second-order valence-electron chi connectivity index (χ2n) is 18.7. The lowest BCUT2D eigenvalue weighted by Crippen LogP contribution is -2.46. The van der Waals surface area contributed by atoms with Gasteiger partial charge in [0.2, 0.25) is 5.91 Å². The van der Waals surface area contributed by atoms with Crippen LogP contribution in [0.15, 0.2) is 48.6 Å². The van der Waals surface area contributed by atoms with Crippen molar-refractivity contribution in [1.29, 1.82) is 0 Å². The highest BCUT2D eigenvalue weighted by Gasteiger charge is 2.24. The quantitative estimate of drug-likeness (QED) is 0.0245. The zero-order valence-corrected chi connectivity index (χ0v) is 42.0. The van der Waals surface area contributed by atoms with E-state index in [-0.39, 0.29) is 24.9 Å². The molecule has 0 saturated carbocycles. The predicted octanol–water partition coefficient (Wildman–Crippen LogP) is 16.6. The van der Waals surface area contributed by atoms with Crippen molar-refractivity contribution in [3.8, 4) is 0 Å². The zero-order valence-electron chi connectivity index (χ0n) is 42.0. The molecule has 6 heteroatoms. The van der Waals surface area contributed by atoms with Gasteiger partial charge in [0, 0.05) is 6.42 Å². The number of allylic oxidation sites excluding steroid dienone is 8. The largest absolute Gasteiger partial charge is 0.462 e.